The molecule has 1 N–H and O–H groups in total. The molecule has 0 aromatic heterocycles. The third-order valence-electron chi connectivity index (χ3n) is 2.76. The van der Waals surface area contributed by atoms with Gasteiger partial charge in [-0.2, -0.15) is 0 Å². The van der Waals surface area contributed by atoms with Crippen LogP contribution in [0.25, 0.3) is 0 Å². The van der Waals surface area contributed by atoms with Crippen molar-refractivity contribution < 1.29 is 0 Å². The van der Waals surface area contributed by atoms with Gasteiger partial charge in [-0.25, -0.2) is 0 Å². The van der Waals surface area contributed by atoms with E-state index in [2.05, 4.69) is 50.4 Å². The van der Waals surface area contributed by atoms with E-state index in [1.807, 2.05) is 7.05 Å². The minimum absolute atomic E-state index is 1.06. The fraction of sp³-hybridized carbons (Fsp3) is 0.429. The monoisotopic (exact) mass is 203 g/mol. The molecule has 0 saturated carbocycles. The minimum Gasteiger partial charge on any atom is -0.388 e. The van der Waals surface area contributed by atoms with E-state index in [1.165, 1.54) is 22.4 Å². The highest BCUT2D eigenvalue weighted by Crippen LogP contribution is 2.20. The van der Waals surface area contributed by atoms with Crippen LogP contribution in [0.2, 0.25) is 0 Å². The summed E-state index contributed by atoms with van der Waals surface area (Å²) >= 11 is 0. The molecule has 0 aromatic rings. The number of hydrogen-bond donors (Lipinski definition) is 1. The van der Waals surface area contributed by atoms with Crippen LogP contribution in [0.5, 0.6) is 0 Å². The van der Waals surface area contributed by atoms with E-state index < -0.39 is 0 Å². The first kappa shape index (κ1) is 11.8. The van der Waals surface area contributed by atoms with Crippen LogP contribution in [0.15, 0.2) is 46.7 Å². The highest BCUT2D eigenvalue weighted by molar-refractivity contribution is 5.46. The molecule has 1 aliphatic carbocycles. The predicted molar refractivity (Wildman–Crippen MR) is 67.6 cm³/mol. The van der Waals surface area contributed by atoms with Crippen molar-refractivity contribution in [3.63, 3.8) is 0 Å². The van der Waals surface area contributed by atoms with Gasteiger partial charge in [0, 0.05) is 12.7 Å². The molecular formula is C14H21N. The van der Waals surface area contributed by atoms with E-state index in [0.29, 0.717) is 0 Å². The third-order valence-corrected chi connectivity index (χ3v) is 2.76. The summed E-state index contributed by atoms with van der Waals surface area (Å²) in [5, 5.41) is 3.25. The SMILES string of the molecule is CC/C=C(/NC)C1=CC(C)=C(C)CC=C1. The van der Waals surface area contributed by atoms with Gasteiger partial charge in [0.05, 0.1) is 0 Å². The average Bonchev–Trinajstić information content (AvgIpc) is 2.38. The second kappa shape index (κ2) is 5.59. The van der Waals surface area contributed by atoms with Crippen molar-refractivity contribution in [2.24, 2.45) is 0 Å². The smallest absolute Gasteiger partial charge is 0.0370 e. The molecule has 0 atom stereocenters. The molecule has 1 heteroatoms. The maximum Gasteiger partial charge on any atom is 0.0370 e. The van der Waals surface area contributed by atoms with Crippen LogP contribution in [-0.4, -0.2) is 7.05 Å². The van der Waals surface area contributed by atoms with E-state index in [4.69, 9.17) is 0 Å². The first-order chi connectivity index (χ1) is 7.19. The Labute approximate surface area is 93.3 Å². The van der Waals surface area contributed by atoms with Crippen molar-refractivity contribution >= 4 is 0 Å². The summed E-state index contributed by atoms with van der Waals surface area (Å²) < 4.78 is 0. The van der Waals surface area contributed by atoms with Crippen molar-refractivity contribution in [1.82, 2.24) is 5.32 Å². The number of allylic oxidation sites excluding steroid dienone is 6. The van der Waals surface area contributed by atoms with Gasteiger partial charge in [0.15, 0.2) is 0 Å². The lowest BCUT2D eigenvalue weighted by Gasteiger charge is -2.07. The number of likely N-dealkylation sites (N-methyl/N-ethyl adjacent to an activating group) is 1. The Morgan fingerprint density at radius 1 is 1.47 bits per heavy atom. The number of rotatable bonds is 3. The van der Waals surface area contributed by atoms with Crippen LogP contribution < -0.4 is 5.32 Å². The molecule has 0 fully saturated rings. The molecule has 1 aliphatic rings. The van der Waals surface area contributed by atoms with Crippen molar-refractivity contribution in [1.29, 1.82) is 0 Å². The maximum atomic E-state index is 3.25. The quantitative estimate of drug-likeness (QED) is 0.737. The van der Waals surface area contributed by atoms with Gasteiger partial charge in [-0.15, -0.1) is 0 Å². The van der Waals surface area contributed by atoms with Gasteiger partial charge in [-0.3, -0.25) is 0 Å². The van der Waals surface area contributed by atoms with Gasteiger partial charge in [-0.1, -0.05) is 42.4 Å². The zero-order valence-electron chi connectivity index (χ0n) is 10.2. The fourth-order valence-electron chi connectivity index (χ4n) is 1.66. The summed E-state index contributed by atoms with van der Waals surface area (Å²) in [6, 6.07) is 0. The summed E-state index contributed by atoms with van der Waals surface area (Å²) in [6.45, 7) is 6.54. The van der Waals surface area contributed by atoms with Crippen molar-refractivity contribution in [3.8, 4) is 0 Å². The first-order valence-corrected chi connectivity index (χ1v) is 5.62. The van der Waals surface area contributed by atoms with Crippen LogP contribution >= 0.6 is 0 Å². The molecule has 1 nitrogen and oxygen atoms in total. The van der Waals surface area contributed by atoms with Crippen LogP contribution in [0.1, 0.15) is 33.6 Å². The van der Waals surface area contributed by atoms with Crippen molar-refractivity contribution in [3.05, 3.63) is 46.7 Å². The third kappa shape index (κ3) is 3.12. The van der Waals surface area contributed by atoms with Crippen LogP contribution in [0.4, 0.5) is 0 Å². The van der Waals surface area contributed by atoms with Crippen LogP contribution in [-0.2, 0) is 0 Å². The molecule has 1 rings (SSSR count). The Hall–Kier alpha value is -1.24. The van der Waals surface area contributed by atoms with Crippen molar-refractivity contribution in [2.75, 3.05) is 7.05 Å². The van der Waals surface area contributed by atoms with Gasteiger partial charge in [0.25, 0.3) is 0 Å². The molecule has 0 unspecified atom stereocenters. The second-order valence-corrected chi connectivity index (χ2v) is 3.95. The highest BCUT2D eigenvalue weighted by atomic mass is 14.8. The molecule has 15 heavy (non-hydrogen) atoms. The normalized spacial score (nSPS) is 17.6. The summed E-state index contributed by atoms with van der Waals surface area (Å²) in [4.78, 5) is 0. The molecule has 0 heterocycles. The lowest BCUT2D eigenvalue weighted by molar-refractivity contribution is 0.987. The Balaban J connectivity index is 3.04. The molecule has 0 aromatic carbocycles. The minimum atomic E-state index is 1.06. The van der Waals surface area contributed by atoms with Crippen LogP contribution in [0, 0.1) is 0 Å². The van der Waals surface area contributed by atoms with Crippen LogP contribution in [0.3, 0.4) is 0 Å². The zero-order chi connectivity index (χ0) is 11.3. The van der Waals surface area contributed by atoms with E-state index in [-0.39, 0.29) is 0 Å². The van der Waals surface area contributed by atoms with E-state index in [9.17, 15) is 0 Å². The van der Waals surface area contributed by atoms with E-state index in [1.54, 1.807) is 0 Å². The molecule has 0 bridgehead atoms. The summed E-state index contributed by atoms with van der Waals surface area (Å²) in [5.41, 5.74) is 5.34. The maximum absolute atomic E-state index is 3.25. The Bertz CT molecular complexity index is 340. The highest BCUT2D eigenvalue weighted by Gasteiger charge is 2.04. The second-order valence-electron chi connectivity index (χ2n) is 3.95. The largest absolute Gasteiger partial charge is 0.388 e. The van der Waals surface area contributed by atoms with E-state index >= 15 is 0 Å². The lowest BCUT2D eigenvalue weighted by Crippen LogP contribution is -2.07. The first-order valence-electron chi connectivity index (χ1n) is 5.62. The zero-order valence-corrected chi connectivity index (χ0v) is 10.2. The Kier molecular flexibility index (Phi) is 4.41. The van der Waals surface area contributed by atoms with Crippen molar-refractivity contribution in [2.45, 2.75) is 33.6 Å². The molecular weight excluding hydrogens is 182 g/mol. The van der Waals surface area contributed by atoms with Gasteiger partial charge in [0.2, 0.25) is 0 Å². The number of hydrogen-bond acceptors (Lipinski definition) is 1. The summed E-state index contributed by atoms with van der Waals surface area (Å²) in [5.74, 6) is 0. The average molecular weight is 203 g/mol. The molecule has 0 radical (unpaired) electrons. The van der Waals surface area contributed by atoms with Gasteiger partial charge in [-0.05, 0) is 32.3 Å². The van der Waals surface area contributed by atoms with Gasteiger partial charge in [0.1, 0.15) is 0 Å². The molecule has 0 aliphatic heterocycles. The van der Waals surface area contributed by atoms with Gasteiger partial charge >= 0.3 is 0 Å². The topological polar surface area (TPSA) is 12.0 Å². The number of nitrogens with one attached hydrogen (secondary N) is 1. The summed E-state index contributed by atoms with van der Waals surface area (Å²) in [7, 11) is 1.98. The molecule has 0 amide bonds. The van der Waals surface area contributed by atoms with E-state index in [0.717, 1.165) is 12.8 Å². The fourth-order valence-corrected chi connectivity index (χ4v) is 1.66. The molecule has 82 valence electrons. The standard InChI is InChI=1S/C14H21N/c1-5-7-14(15-4)13-9-6-8-11(2)12(3)10-13/h6-7,9-10,15H,5,8H2,1-4H3/b14-7+. The Morgan fingerprint density at radius 3 is 2.80 bits per heavy atom. The predicted octanol–water partition coefficient (Wildman–Crippen LogP) is 3.72. The lowest BCUT2D eigenvalue weighted by atomic mass is 10.1. The Morgan fingerprint density at radius 2 is 2.20 bits per heavy atom. The molecule has 0 saturated heterocycles. The summed E-state index contributed by atoms with van der Waals surface area (Å²) in [6.07, 6.45) is 11.1. The molecule has 0 spiro atoms. The van der Waals surface area contributed by atoms with Gasteiger partial charge < -0.3 is 5.32 Å².